The number of rotatable bonds is 4. The van der Waals surface area contributed by atoms with Crippen molar-refractivity contribution in [3.8, 4) is 22.9 Å². The standard InChI is InChI=1S/C15H19N3O3.ClH/c1-19-12-6-5-10(8-13(12)20-2)14-17-15(21-18-14)11-4-3-7-16-9-11;/h5-6,8,11,16H,3-4,7,9H2,1-2H3;1H. The van der Waals surface area contributed by atoms with Crippen LogP contribution in [-0.2, 0) is 0 Å². The first-order valence-corrected chi connectivity index (χ1v) is 7.08. The first-order valence-electron chi connectivity index (χ1n) is 7.08. The van der Waals surface area contributed by atoms with Crippen LogP contribution in [0.25, 0.3) is 11.4 Å². The van der Waals surface area contributed by atoms with Gasteiger partial charge in [-0.05, 0) is 37.6 Å². The highest BCUT2D eigenvalue weighted by Gasteiger charge is 2.22. The highest BCUT2D eigenvalue weighted by Crippen LogP contribution is 2.32. The number of ether oxygens (including phenoxy) is 2. The zero-order chi connectivity index (χ0) is 14.7. The third-order valence-electron chi connectivity index (χ3n) is 3.73. The minimum atomic E-state index is 0. The molecule has 1 aliphatic heterocycles. The van der Waals surface area contributed by atoms with Gasteiger partial charge >= 0.3 is 0 Å². The molecule has 0 saturated carbocycles. The van der Waals surface area contributed by atoms with Crippen molar-refractivity contribution in [2.45, 2.75) is 18.8 Å². The van der Waals surface area contributed by atoms with Gasteiger partial charge in [-0.3, -0.25) is 0 Å². The second-order valence-electron chi connectivity index (χ2n) is 5.07. The highest BCUT2D eigenvalue weighted by atomic mass is 35.5. The van der Waals surface area contributed by atoms with E-state index >= 15 is 0 Å². The predicted molar refractivity (Wildman–Crippen MR) is 84.9 cm³/mol. The summed E-state index contributed by atoms with van der Waals surface area (Å²) >= 11 is 0. The van der Waals surface area contributed by atoms with E-state index < -0.39 is 0 Å². The molecule has 0 radical (unpaired) electrons. The van der Waals surface area contributed by atoms with Crippen LogP contribution in [0.2, 0.25) is 0 Å². The van der Waals surface area contributed by atoms with Gasteiger partial charge < -0.3 is 19.3 Å². The number of methoxy groups -OCH3 is 2. The van der Waals surface area contributed by atoms with Crippen molar-refractivity contribution >= 4 is 12.4 Å². The van der Waals surface area contributed by atoms with Crippen molar-refractivity contribution < 1.29 is 14.0 Å². The van der Waals surface area contributed by atoms with Crippen LogP contribution in [0.3, 0.4) is 0 Å². The zero-order valence-electron chi connectivity index (χ0n) is 12.7. The fourth-order valence-corrected chi connectivity index (χ4v) is 2.56. The second kappa shape index (κ2) is 7.47. The van der Waals surface area contributed by atoms with Crippen LogP contribution in [0.4, 0.5) is 0 Å². The third kappa shape index (κ3) is 3.34. The molecule has 2 heterocycles. The van der Waals surface area contributed by atoms with Gasteiger partial charge in [0.2, 0.25) is 11.7 Å². The average Bonchev–Trinajstić information content (AvgIpc) is 3.05. The lowest BCUT2D eigenvalue weighted by atomic mass is 10.00. The van der Waals surface area contributed by atoms with Crippen LogP contribution < -0.4 is 14.8 Å². The van der Waals surface area contributed by atoms with E-state index in [0.717, 1.165) is 31.5 Å². The first-order chi connectivity index (χ1) is 10.3. The Morgan fingerprint density at radius 1 is 1.23 bits per heavy atom. The molecule has 0 amide bonds. The molecular weight excluding hydrogens is 306 g/mol. The molecule has 1 aromatic heterocycles. The average molecular weight is 326 g/mol. The lowest BCUT2D eigenvalue weighted by molar-refractivity contribution is 0.322. The normalized spacial score (nSPS) is 17.6. The van der Waals surface area contributed by atoms with E-state index in [9.17, 15) is 0 Å². The Morgan fingerprint density at radius 2 is 2.05 bits per heavy atom. The maximum absolute atomic E-state index is 5.42. The molecule has 120 valence electrons. The van der Waals surface area contributed by atoms with Crippen molar-refractivity contribution in [2.24, 2.45) is 0 Å². The summed E-state index contributed by atoms with van der Waals surface area (Å²) in [7, 11) is 3.22. The van der Waals surface area contributed by atoms with E-state index in [0.29, 0.717) is 29.1 Å². The fourth-order valence-electron chi connectivity index (χ4n) is 2.56. The van der Waals surface area contributed by atoms with Gasteiger partial charge in [0.25, 0.3) is 0 Å². The largest absolute Gasteiger partial charge is 0.493 e. The van der Waals surface area contributed by atoms with Crippen molar-refractivity contribution in [3.63, 3.8) is 0 Å². The summed E-state index contributed by atoms with van der Waals surface area (Å²) in [6.45, 7) is 1.96. The molecule has 0 bridgehead atoms. The summed E-state index contributed by atoms with van der Waals surface area (Å²) < 4.78 is 15.9. The Hall–Kier alpha value is -1.79. The molecule has 1 unspecified atom stereocenters. The minimum Gasteiger partial charge on any atom is -0.493 e. The molecule has 3 rings (SSSR count). The van der Waals surface area contributed by atoms with Crippen LogP contribution in [0, 0.1) is 0 Å². The highest BCUT2D eigenvalue weighted by molar-refractivity contribution is 5.85. The summed E-state index contributed by atoms with van der Waals surface area (Å²) in [6, 6.07) is 5.59. The number of hydrogen-bond acceptors (Lipinski definition) is 6. The molecule has 6 nitrogen and oxygen atoms in total. The summed E-state index contributed by atoms with van der Waals surface area (Å²) in [5, 5.41) is 7.43. The van der Waals surface area contributed by atoms with Gasteiger partial charge in [-0.1, -0.05) is 5.16 Å². The third-order valence-corrected chi connectivity index (χ3v) is 3.73. The van der Waals surface area contributed by atoms with E-state index in [1.54, 1.807) is 14.2 Å². The predicted octanol–water partition coefficient (Wildman–Crippen LogP) is 2.64. The number of hydrogen-bond donors (Lipinski definition) is 1. The van der Waals surface area contributed by atoms with Gasteiger partial charge in [-0.15, -0.1) is 12.4 Å². The van der Waals surface area contributed by atoms with Crippen LogP contribution in [-0.4, -0.2) is 37.4 Å². The van der Waals surface area contributed by atoms with Gasteiger partial charge in [0.05, 0.1) is 20.1 Å². The van der Waals surface area contributed by atoms with Gasteiger partial charge in [0, 0.05) is 12.1 Å². The van der Waals surface area contributed by atoms with Gasteiger partial charge in [0.15, 0.2) is 11.5 Å². The Balaban J connectivity index is 0.00000176. The first kappa shape index (κ1) is 16.6. The molecule has 22 heavy (non-hydrogen) atoms. The molecule has 1 aromatic carbocycles. The van der Waals surface area contributed by atoms with Crippen molar-refractivity contribution in [3.05, 3.63) is 24.1 Å². The lowest BCUT2D eigenvalue weighted by Crippen LogP contribution is -2.28. The van der Waals surface area contributed by atoms with Crippen molar-refractivity contribution in [1.82, 2.24) is 15.5 Å². The molecule has 2 aromatic rings. The van der Waals surface area contributed by atoms with Crippen LogP contribution in [0.1, 0.15) is 24.7 Å². The fraction of sp³-hybridized carbons (Fsp3) is 0.467. The van der Waals surface area contributed by atoms with Crippen molar-refractivity contribution in [2.75, 3.05) is 27.3 Å². The molecule has 1 fully saturated rings. The quantitative estimate of drug-likeness (QED) is 0.932. The Bertz CT molecular complexity index is 612. The molecule has 1 atom stereocenters. The molecule has 1 aliphatic rings. The maximum atomic E-state index is 5.42. The number of nitrogens with zero attached hydrogens (tertiary/aromatic N) is 2. The smallest absolute Gasteiger partial charge is 0.231 e. The zero-order valence-corrected chi connectivity index (χ0v) is 13.5. The van der Waals surface area contributed by atoms with Gasteiger partial charge in [0.1, 0.15) is 0 Å². The van der Waals surface area contributed by atoms with E-state index in [4.69, 9.17) is 14.0 Å². The molecule has 1 saturated heterocycles. The Labute approximate surface area is 135 Å². The topological polar surface area (TPSA) is 69.4 Å². The number of piperidine rings is 1. The van der Waals surface area contributed by atoms with Crippen LogP contribution >= 0.6 is 12.4 Å². The molecule has 1 N–H and O–H groups in total. The number of halogens is 1. The van der Waals surface area contributed by atoms with E-state index in [1.165, 1.54) is 0 Å². The summed E-state index contributed by atoms with van der Waals surface area (Å²) in [4.78, 5) is 4.52. The molecule has 7 heteroatoms. The summed E-state index contributed by atoms with van der Waals surface area (Å²) in [5.41, 5.74) is 0.853. The number of nitrogens with one attached hydrogen (secondary N) is 1. The van der Waals surface area contributed by atoms with Gasteiger partial charge in [-0.2, -0.15) is 4.98 Å². The number of benzene rings is 1. The lowest BCUT2D eigenvalue weighted by Gasteiger charge is -2.18. The van der Waals surface area contributed by atoms with Crippen LogP contribution in [0.5, 0.6) is 11.5 Å². The summed E-state index contributed by atoms with van der Waals surface area (Å²) in [6.07, 6.45) is 2.22. The van der Waals surface area contributed by atoms with Crippen LogP contribution in [0.15, 0.2) is 22.7 Å². The van der Waals surface area contributed by atoms with E-state index in [2.05, 4.69) is 15.5 Å². The van der Waals surface area contributed by atoms with Gasteiger partial charge in [-0.25, -0.2) is 0 Å². The Morgan fingerprint density at radius 3 is 2.73 bits per heavy atom. The number of aromatic nitrogens is 2. The van der Waals surface area contributed by atoms with E-state index in [1.807, 2.05) is 18.2 Å². The minimum absolute atomic E-state index is 0. The SMILES string of the molecule is COc1ccc(-c2noc(C3CCCNC3)n2)cc1OC.Cl. The molecular formula is C15H20ClN3O3. The van der Waals surface area contributed by atoms with E-state index in [-0.39, 0.29) is 12.4 Å². The van der Waals surface area contributed by atoms with Crippen molar-refractivity contribution in [1.29, 1.82) is 0 Å². The Kier molecular flexibility index (Phi) is 5.63. The molecule has 0 spiro atoms. The molecule has 0 aliphatic carbocycles. The maximum Gasteiger partial charge on any atom is 0.231 e. The monoisotopic (exact) mass is 325 g/mol. The summed E-state index contributed by atoms with van der Waals surface area (Å²) in [5.74, 6) is 2.92. The second-order valence-corrected chi connectivity index (χ2v) is 5.07.